The van der Waals surface area contributed by atoms with E-state index in [0.717, 1.165) is 0 Å². The summed E-state index contributed by atoms with van der Waals surface area (Å²) in [6.07, 6.45) is 2.82. The van der Waals surface area contributed by atoms with E-state index in [1.807, 2.05) is 0 Å². The Labute approximate surface area is 128 Å². The standard InChI is InChI=1S/C14H12F3N5O/c15-8-2-1-4-19-9(8)6-21-12-11-10(3-5-20-12)23-13(22-11)14(16,17)7-18/h1-5H,6-7,18H2,(H,20,21). The summed E-state index contributed by atoms with van der Waals surface area (Å²) in [6.45, 7) is -0.899. The van der Waals surface area contributed by atoms with E-state index in [1.165, 1.54) is 30.6 Å². The van der Waals surface area contributed by atoms with Crippen molar-refractivity contribution in [2.45, 2.75) is 12.5 Å². The number of oxazole rings is 1. The summed E-state index contributed by atoms with van der Waals surface area (Å²) in [4.78, 5) is 11.7. The molecule has 0 saturated carbocycles. The topological polar surface area (TPSA) is 89.9 Å². The monoisotopic (exact) mass is 323 g/mol. The fraction of sp³-hybridized carbons (Fsp3) is 0.214. The van der Waals surface area contributed by atoms with Crippen molar-refractivity contribution in [3.05, 3.63) is 48.0 Å². The van der Waals surface area contributed by atoms with Crippen LogP contribution in [0.4, 0.5) is 19.0 Å². The highest BCUT2D eigenvalue weighted by atomic mass is 19.3. The number of nitrogens with zero attached hydrogens (tertiary/aromatic N) is 3. The van der Waals surface area contributed by atoms with Crippen LogP contribution in [0.15, 0.2) is 35.0 Å². The van der Waals surface area contributed by atoms with E-state index in [4.69, 9.17) is 10.2 Å². The molecule has 3 aromatic heterocycles. The van der Waals surface area contributed by atoms with Crippen molar-refractivity contribution in [3.8, 4) is 0 Å². The normalized spacial score (nSPS) is 11.8. The first kappa shape index (κ1) is 15.2. The molecular weight excluding hydrogens is 311 g/mol. The zero-order valence-corrected chi connectivity index (χ0v) is 11.8. The van der Waals surface area contributed by atoms with Gasteiger partial charge in [-0.15, -0.1) is 0 Å². The second-order valence-corrected chi connectivity index (χ2v) is 4.72. The van der Waals surface area contributed by atoms with Gasteiger partial charge in [0.05, 0.1) is 18.8 Å². The molecule has 0 spiro atoms. The largest absolute Gasteiger partial charge is 0.435 e. The van der Waals surface area contributed by atoms with Crippen LogP contribution in [0.3, 0.4) is 0 Å². The van der Waals surface area contributed by atoms with Crippen molar-refractivity contribution in [2.24, 2.45) is 5.73 Å². The highest BCUT2D eigenvalue weighted by molar-refractivity contribution is 5.84. The molecule has 0 aliphatic heterocycles. The molecule has 0 radical (unpaired) electrons. The molecule has 0 aromatic carbocycles. The molecule has 0 amide bonds. The molecule has 3 aromatic rings. The number of anilines is 1. The fourth-order valence-electron chi connectivity index (χ4n) is 1.94. The molecule has 9 heteroatoms. The van der Waals surface area contributed by atoms with Gasteiger partial charge in [0, 0.05) is 18.5 Å². The summed E-state index contributed by atoms with van der Waals surface area (Å²) in [7, 11) is 0. The Morgan fingerprint density at radius 3 is 2.78 bits per heavy atom. The Bertz CT molecular complexity index is 836. The Balaban J connectivity index is 1.91. The highest BCUT2D eigenvalue weighted by Crippen LogP contribution is 2.31. The van der Waals surface area contributed by atoms with Crippen LogP contribution in [-0.2, 0) is 12.5 Å². The number of hydrogen-bond donors (Lipinski definition) is 2. The molecule has 0 fully saturated rings. The quantitative estimate of drug-likeness (QED) is 0.749. The van der Waals surface area contributed by atoms with Crippen LogP contribution in [0.2, 0.25) is 0 Å². The first-order valence-corrected chi connectivity index (χ1v) is 6.68. The SMILES string of the molecule is NCC(F)(F)c1nc2c(NCc3ncccc3F)nccc2o1. The molecule has 3 N–H and O–H groups in total. The summed E-state index contributed by atoms with van der Waals surface area (Å²) in [5.74, 6) is -4.45. The maximum Gasteiger partial charge on any atom is 0.334 e. The zero-order chi connectivity index (χ0) is 16.4. The van der Waals surface area contributed by atoms with E-state index >= 15 is 0 Å². The summed E-state index contributed by atoms with van der Waals surface area (Å²) in [5.41, 5.74) is 5.44. The van der Waals surface area contributed by atoms with Gasteiger partial charge in [0.1, 0.15) is 5.82 Å². The number of fused-ring (bicyclic) bond motifs is 1. The minimum absolute atomic E-state index is 0.0221. The van der Waals surface area contributed by atoms with E-state index in [0.29, 0.717) is 0 Å². The van der Waals surface area contributed by atoms with Gasteiger partial charge in [-0.3, -0.25) is 4.98 Å². The van der Waals surface area contributed by atoms with Crippen molar-refractivity contribution < 1.29 is 17.6 Å². The maximum absolute atomic E-state index is 13.6. The minimum Gasteiger partial charge on any atom is -0.435 e. The van der Waals surface area contributed by atoms with Crippen LogP contribution in [0, 0.1) is 5.82 Å². The third kappa shape index (κ3) is 2.95. The molecule has 0 atom stereocenters. The van der Waals surface area contributed by atoms with Crippen molar-refractivity contribution in [1.29, 1.82) is 0 Å². The highest BCUT2D eigenvalue weighted by Gasteiger charge is 2.36. The predicted molar refractivity (Wildman–Crippen MR) is 76.3 cm³/mol. The molecular formula is C14H12F3N5O. The predicted octanol–water partition coefficient (Wildman–Crippen LogP) is 2.42. The van der Waals surface area contributed by atoms with Crippen LogP contribution < -0.4 is 11.1 Å². The number of aromatic nitrogens is 3. The molecule has 0 saturated heterocycles. The number of alkyl halides is 2. The Morgan fingerprint density at radius 1 is 1.22 bits per heavy atom. The molecule has 0 aliphatic rings. The summed E-state index contributed by atoms with van der Waals surface area (Å²) < 4.78 is 45.7. The smallest absolute Gasteiger partial charge is 0.334 e. The molecule has 3 rings (SSSR count). The first-order valence-electron chi connectivity index (χ1n) is 6.68. The average Bonchev–Trinajstić information content (AvgIpc) is 3.00. The van der Waals surface area contributed by atoms with Crippen molar-refractivity contribution in [2.75, 3.05) is 11.9 Å². The lowest BCUT2D eigenvalue weighted by atomic mass is 10.3. The van der Waals surface area contributed by atoms with E-state index in [9.17, 15) is 13.2 Å². The van der Waals surface area contributed by atoms with Crippen LogP contribution in [0.25, 0.3) is 11.1 Å². The summed E-state index contributed by atoms with van der Waals surface area (Å²) >= 11 is 0. The second kappa shape index (κ2) is 5.84. The third-order valence-electron chi connectivity index (χ3n) is 3.13. The van der Waals surface area contributed by atoms with Gasteiger partial charge in [0.25, 0.3) is 5.89 Å². The molecule has 0 unspecified atom stereocenters. The number of nitrogens with one attached hydrogen (secondary N) is 1. The van der Waals surface area contributed by atoms with Crippen LogP contribution in [0.1, 0.15) is 11.6 Å². The van der Waals surface area contributed by atoms with Crippen molar-refractivity contribution >= 4 is 16.9 Å². The number of rotatable bonds is 5. The lowest BCUT2D eigenvalue weighted by Crippen LogP contribution is -2.25. The Kier molecular flexibility index (Phi) is 3.87. The number of pyridine rings is 2. The van der Waals surface area contributed by atoms with Gasteiger partial charge in [0.15, 0.2) is 16.9 Å². The van der Waals surface area contributed by atoms with Crippen LogP contribution >= 0.6 is 0 Å². The average molecular weight is 323 g/mol. The van der Waals surface area contributed by atoms with Crippen LogP contribution in [0.5, 0.6) is 0 Å². The lowest BCUT2D eigenvalue weighted by Gasteiger charge is -2.07. The van der Waals surface area contributed by atoms with Gasteiger partial charge in [0.2, 0.25) is 0 Å². The Hall–Kier alpha value is -2.68. The van der Waals surface area contributed by atoms with E-state index < -0.39 is 24.2 Å². The van der Waals surface area contributed by atoms with Gasteiger partial charge >= 0.3 is 5.92 Å². The number of nitrogens with two attached hydrogens (primary N) is 1. The minimum atomic E-state index is -3.37. The van der Waals surface area contributed by atoms with Gasteiger partial charge in [-0.2, -0.15) is 8.78 Å². The van der Waals surface area contributed by atoms with E-state index in [2.05, 4.69) is 20.3 Å². The zero-order valence-electron chi connectivity index (χ0n) is 11.8. The number of halogens is 3. The van der Waals surface area contributed by atoms with Gasteiger partial charge in [-0.25, -0.2) is 14.4 Å². The van der Waals surface area contributed by atoms with E-state index in [1.54, 1.807) is 0 Å². The molecule has 0 aliphatic carbocycles. The number of hydrogen-bond acceptors (Lipinski definition) is 6. The maximum atomic E-state index is 13.6. The van der Waals surface area contributed by atoms with Crippen molar-refractivity contribution in [3.63, 3.8) is 0 Å². The molecule has 120 valence electrons. The fourth-order valence-corrected chi connectivity index (χ4v) is 1.94. The van der Waals surface area contributed by atoms with E-state index in [-0.39, 0.29) is 29.2 Å². The molecule has 23 heavy (non-hydrogen) atoms. The lowest BCUT2D eigenvalue weighted by molar-refractivity contribution is -0.0199. The molecule has 3 heterocycles. The van der Waals surface area contributed by atoms with Gasteiger partial charge in [-0.1, -0.05) is 0 Å². The summed E-state index contributed by atoms with van der Waals surface area (Å²) in [6, 6.07) is 4.15. The third-order valence-corrected chi connectivity index (χ3v) is 3.13. The van der Waals surface area contributed by atoms with Gasteiger partial charge < -0.3 is 15.5 Å². The van der Waals surface area contributed by atoms with Gasteiger partial charge in [-0.05, 0) is 12.1 Å². The second-order valence-electron chi connectivity index (χ2n) is 4.72. The summed E-state index contributed by atoms with van der Waals surface area (Å²) in [5, 5.41) is 2.82. The Morgan fingerprint density at radius 2 is 2.04 bits per heavy atom. The first-order chi connectivity index (χ1) is 11.0. The van der Waals surface area contributed by atoms with Crippen molar-refractivity contribution in [1.82, 2.24) is 15.0 Å². The molecule has 6 nitrogen and oxygen atoms in total. The molecule has 0 bridgehead atoms. The van der Waals surface area contributed by atoms with Crippen LogP contribution in [-0.4, -0.2) is 21.5 Å².